The second-order valence-corrected chi connectivity index (χ2v) is 8.89. The zero-order valence-electron chi connectivity index (χ0n) is 20.6. The van der Waals surface area contributed by atoms with E-state index < -0.39 is 19.0 Å². The highest BCUT2D eigenvalue weighted by molar-refractivity contribution is 5.82. The molecule has 37 heavy (non-hydrogen) atoms. The van der Waals surface area contributed by atoms with Crippen LogP contribution in [0.15, 0.2) is 55.0 Å². The van der Waals surface area contributed by atoms with E-state index >= 15 is 0 Å². The van der Waals surface area contributed by atoms with Crippen LogP contribution in [0.1, 0.15) is 30.0 Å². The first-order valence-electron chi connectivity index (χ1n) is 11.8. The number of nitrogens with zero attached hydrogens (tertiary/aromatic N) is 7. The fraction of sp³-hybridized carbons (Fsp3) is 0.269. The van der Waals surface area contributed by atoms with E-state index in [1.807, 2.05) is 41.8 Å². The summed E-state index contributed by atoms with van der Waals surface area (Å²) in [5.41, 5.74) is 5.59. The number of aliphatic hydroxyl groups is 1. The smallest absolute Gasteiger partial charge is 0.153 e. The predicted octanol–water partition coefficient (Wildman–Crippen LogP) is 4.80. The number of alkyl halides is 2. The van der Waals surface area contributed by atoms with Crippen molar-refractivity contribution in [2.24, 2.45) is 0 Å². The molecule has 0 amide bonds. The van der Waals surface area contributed by atoms with Crippen molar-refractivity contribution in [2.75, 3.05) is 12.0 Å². The van der Waals surface area contributed by atoms with Crippen LogP contribution in [0.3, 0.4) is 0 Å². The summed E-state index contributed by atoms with van der Waals surface area (Å²) in [4.78, 5) is 9.38. The normalized spacial score (nSPS) is 13.1. The summed E-state index contributed by atoms with van der Waals surface area (Å²) in [7, 11) is 0. The van der Waals surface area contributed by atoms with Crippen molar-refractivity contribution in [3.8, 4) is 17.1 Å². The molecule has 0 saturated carbocycles. The Hall–Kier alpha value is -4.25. The molecule has 0 saturated heterocycles. The number of rotatable bonds is 8. The van der Waals surface area contributed by atoms with Gasteiger partial charge < -0.3 is 10.4 Å². The molecule has 4 aromatic heterocycles. The zero-order valence-corrected chi connectivity index (χ0v) is 20.6. The lowest BCUT2D eigenvalue weighted by atomic mass is 10.0. The minimum Gasteiger partial charge on any atom is -0.389 e. The van der Waals surface area contributed by atoms with Gasteiger partial charge in [-0.2, -0.15) is 10.2 Å². The van der Waals surface area contributed by atoms with Gasteiger partial charge in [-0.05, 0) is 57.2 Å². The van der Waals surface area contributed by atoms with Crippen LogP contribution in [0.4, 0.5) is 20.3 Å². The number of pyridine rings is 1. The van der Waals surface area contributed by atoms with Crippen molar-refractivity contribution in [1.82, 2.24) is 34.5 Å². The van der Waals surface area contributed by atoms with Crippen LogP contribution in [0, 0.1) is 13.8 Å². The van der Waals surface area contributed by atoms with Crippen LogP contribution in [0.5, 0.6) is 0 Å². The summed E-state index contributed by atoms with van der Waals surface area (Å²) < 4.78 is 29.5. The lowest BCUT2D eigenvalue weighted by Crippen LogP contribution is -2.13. The predicted molar refractivity (Wildman–Crippen MR) is 136 cm³/mol. The topological polar surface area (TPSA) is 107 Å². The fourth-order valence-corrected chi connectivity index (χ4v) is 4.13. The zero-order chi connectivity index (χ0) is 26.1. The number of anilines is 2. The molecular formula is C26H26F2N8O. The Labute approximate surface area is 211 Å². The molecule has 9 nitrogen and oxygen atoms in total. The van der Waals surface area contributed by atoms with E-state index in [1.165, 1.54) is 4.68 Å². The SMILES string of the molecule is Cc1ccc(Nc2ccc3c(c2)ncn3-c2ccc(C(C)O)c(-c3cn(CC(F)CF)nc3C)n2)nn1. The largest absolute Gasteiger partial charge is 0.389 e. The number of benzene rings is 1. The monoisotopic (exact) mass is 504 g/mol. The summed E-state index contributed by atoms with van der Waals surface area (Å²) in [5, 5.41) is 26.1. The maximum absolute atomic E-state index is 13.6. The van der Waals surface area contributed by atoms with Gasteiger partial charge in [-0.15, -0.1) is 5.10 Å². The van der Waals surface area contributed by atoms with Crippen LogP contribution in [-0.4, -0.2) is 52.5 Å². The average Bonchev–Trinajstić information content (AvgIpc) is 3.47. The van der Waals surface area contributed by atoms with E-state index in [9.17, 15) is 13.9 Å². The number of hydrogen-bond donors (Lipinski definition) is 2. The number of fused-ring (bicyclic) bond motifs is 1. The van der Waals surface area contributed by atoms with Gasteiger partial charge in [0, 0.05) is 23.0 Å². The molecule has 2 unspecified atom stereocenters. The molecule has 0 aliphatic rings. The van der Waals surface area contributed by atoms with E-state index in [0.717, 1.165) is 22.4 Å². The molecule has 0 bridgehead atoms. The Kier molecular flexibility index (Phi) is 6.62. The van der Waals surface area contributed by atoms with E-state index in [1.54, 1.807) is 38.5 Å². The van der Waals surface area contributed by atoms with Crippen LogP contribution >= 0.6 is 0 Å². The molecule has 0 aliphatic heterocycles. The lowest BCUT2D eigenvalue weighted by molar-refractivity contribution is 0.199. The van der Waals surface area contributed by atoms with Crippen molar-refractivity contribution in [3.63, 3.8) is 0 Å². The quantitative estimate of drug-likeness (QED) is 0.313. The van der Waals surface area contributed by atoms with Gasteiger partial charge in [-0.3, -0.25) is 9.25 Å². The van der Waals surface area contributed by atoms with Crippen molar-refractivity contribution in [2.45, 2.75) is 39.6 Å². The van der Waals surface area contributed by atoms with Gasteiger partial charge in [-0.25, -0.2) is 18.7 Å². The van der Waals surface area contributed by atoms with Crippen LogP contribution in [0.2, 0.25) is 0 Å². The molecule has 5 rings (SSSR count). The minimum absolute atomic E-state index is 0.197. The number of hydrogen-bond acceptors (Lipinski definition) is 7. The van der Waals surface area contributed by atoms with Crippen molar-refractivity contribution < 1.29 is 13.9 Å². The molecule has 1 aromatic carbocycles. The van der Waals surface area contributed by atoms with Crippen LogP contribution in [0.25, 0.3) is 28.1 Å². The van der Waals surface area contributed by atoms with Gasteiger partial charge in [0.25, 0.3) is 0 Å². The number of aromatic nitrogens is 7. The first-order chi connectivity index (χ1) is 17.8. The molecule has 0 spiro atoms. The van der Waals surface area contributed by atoms with E-state index in [-0.39, 0.29) is 6.54 Å². The number of nitrogens with one attached hydrogen (secondary N) is 1. The fourth-order valence-electron chi connectivity index (χ4n) is 4.13. The third-order valence-corrected chi connectivity index (χ3v) is 5.98. The molecule has 2 atom stereocenters. The summed E-state index contributed by atoms with van der Waals surface area (Å²) in [5.74, 6) is 1.22. The molecule has 2 N–H and O–H groups in total. The maximum atomic E-state index is 13.6. The Morgan fingerprint density at radius 3 is 2.65 bits per heavy atom. The summed E-state index contributed by atoms with van der Waals surface area (Å²) in [6.45, 7) is 4.03. The summed E-state index contributed by atoms with van der Waals surface area (Å²) in [6, 6.07) is 13.1. The highest BCUT2D eigenvalue weighted by Crippen LogP contribution is 2.31. The van der Waals surface area contributed by atoms with Crippen molar-refractivity contribution in [1.29, 1.82) is 0 Å². The van der Waals surface area contributed by atoms with Crippen molar-refractivity contribution >= 4 is 22.5 Å². The Morgan fingerprint density at radius 1 is 1.08 bits per heavy atom. The highest BCUT2D eigenvalue weighted by Gasteiger charge is 2.19. The third-order valence-electron chi connectivity index (χ3n) is 5.98. The minimum atomic E-state index is -1.64. The van der Waals surface area contributed by atoms with Gasteiger partial charge in [0.05, 0.1) is 40.8 Å². The van der Waals surface area contributed by atoms with Crippen LogP contribution < -0.4 is 5.32 Å². The number of halogens is 2. The van der Waals surface area contributed by atoms with Gasteiger partial charge in [0.15, 0.2) is 5.82 Å². The average molecular weight is 505 g/mol. The molecule has 0 radical (unpaired) electrons. The number of imidazole rings is 1. The van der Waals surface area contributed by atoms with Crippen molar-refractivity contribution in [3.05, 3.63) is 71.9 Å². The number of aryl methyl sites for hydroxylation is 2. The van der Waals surface area contributed by atoms with Gasteiger partial charge in [0.2, 0.25) is 0 Å². The van der Waals surface area contributed by atoms with Gasteiger partial charge in [0.1, 0.15) is 25.0 Å². The highest BCUT2D eigenvalue weighted by atomic mass is 19.2. The second-order valence-electron chi connectivity index (χ2n) is 8.89. The van der Waals surface area contributed by atoms with Crippen LogP contribution in [-0.2, 0) is 6.54 Å². The summed E-state index contributed by atoms with van der Waals surface area (Å²) >= 11 is 0. The Bertz CT molecular complexity index is 1540. The third kappa shape index (κ3) is 5.03. The van der Waals surface area contributed by atoms with Gasteiger partial charge in [-0.1, -0.05) is 6.07 Å². The van der Waals surface area contributed by atoms with E-state index in [0.29, 0.717) is 34.2 Å². The Balaban J connectivity index is 1.51. The van der Waals surface area contributed by atoms with E-state index in [4.69, 9.17) is 4.98 Å². The first kappa shape index (κ1) is 24.4. The molecule has 4 heterocycles. The number of aliphatic hydroxyl groups excluding tert-OH is 1. The summed E-state index contributed by atoms with van der Waals surface area (Å²) in [6.07, 6.45) is 0.877. The first-order valence-corrected chi connectivity index (χ1v) is 11.8. The van der Waals surface area contributed by atoms with E-state index in [2.05, 4.69) is 25.6 Å². The Morgan fingerprint density at radius 2 is 1.92 bits per heavy atom. The molecule has 0 fully saturated rings. The molecule has 190 valence electrons. The molecule has 0 aliphatic carbocycles. The second kappa shape index (κ2) is 10.0. The molecule has 11 heteroatoms. The molecular weight excluding hydrogens is 478 g/mol. The van der Waals surface area contributed by atoms with Gasteiger partial charge >= 0.3 is 0 Å². The standard InChI is InChI=1S/C26H26F2N8O/c1-15-4-8-24(33-32-15)30-19-5-7-23-22(10-19)29-14-36(23)25-9-6-20(17(3)37)26(31-25)21-13-35(34-16(21)2)12-18(28)11-27/h4-10,13-14,17-18,37H,11-12H2,1-3H3,(H,30,33). The maximum Gasteiger partial charge on any atom is 0.153 e. The lowest BCUT2D eigenvalue weighted by Gasteiger charge is -2.13. The molecule has 5 aromatic rings.